The van der Waals surface area contributed by atoms with Crippen molar-refractivity contribution in [3.8, 4) is 5.88 Å². The van der Waals surface area contributed by atoms with Crippen LogP contribution < -0.4 is 10.1 Å². The third-order valence-electron chi connectivity index (χ3n) is 1.25. The van der Waals surface area contributed by atoms with E-state index in [1.807, 2.05) is 5.32 Å². The number of halogens is 1. The highest BCUT2D eigenvalue weighted by atomic mass is 19.1. The van der Waals surface area contributed by atoms with E-state index in [4.69, 9.17) is 5.11 Å². The number of anilines is 1. The molecule has 0 aliphatic heterocycles. The molecule has 1 amide bonds. The van der Waals surface area contributed by atoms with Crippen LogP contribution in [0.25, 0.3) is 0 Å². The topological polar surface area (TPSA) is 71.5 Å². The van der Waals surface area contributed by atoms with Crippen molar-refractivity contribution in [1.29, 1.82) is 0 Å². The summed E-state index contributed by atoms with van der Waals surface area (Å²) in [5.74, 6) is -0.885. The van der Waals surface area contributed by atoms with Crippen molar-refractivity contribution < 1.29 is 19.0 Å². The Morgan fingerprint density at radius 2 is 2.46 bits per heavy atom. The fourth-order valence-electron chi connectivity index (χ4n) is 0.767. The number of hydrogen-bond acceptors (Lipinski definition) is 3. The molecule has 6 heteroatoms. The van der Waals surface area contributed by atoms with Crippen LogP contribution in [0.1, 0.15) is 0 Å². The molecular weight excluding hydrogens is 179 g/mol. The number of pyridine rings is 1. The summed E-state index contributed by atoms with van der Waals surface area (Å²) in [6.07, 6.45) is -0.109. The molecule has 5 nitrogen and oxygen atoms in total. The fraction of sp³-hybridized carbons (Fsp3) is 0.143. The predicted molar refractivity (Wildman–Crippen MR) is 42.4 cm³/mol. The normalized spacial score (nSPS) is 9.38. The Balaban J connectivity index is 2.89. The summed E-state index contributed by atoms with van der Waals surface area (Å²) >= 11 is 0. The van der Waals surface area contributed by atoms with Gasteiger partial charge in [-0.3, -0.25) is 5.32 Å². The van der Waals surface area contributed by atoms with E-state index in [1.165, 1.54) is 7.11 Å². The molecule has 70 valence electrons. The van der Waals surface area contributed by atoms with Gasteiger partial charge < -0.3 is 9.84 Å². The zero-order valence-corrected chi connectivity index (χ0v) is 6.74. The maximum atomic E-state index is 12.9. The number of hydrogen-bond donors (Lipinski definition) is 2. The summed E-state index contributed by atoms with van der Waals surface area (Å²) in [6.45, 7) is 0. The molecule has 0 aliphatic rings. The van der Waals surface area contributed by atoms with E-state index in [2.05, 4.69) is 9.72 Å². The number of nitrogens with zero attached hydrogens (tertiary/aromatic N) is 1. The predicted octanol–water partition coefficient (Wildman–Crippen LogP) is 1.32. The number of nitrogens with one attached hydrogen (secondary N) is 1. The minimum Gasteiger partial charge on any atom is -0.479 e. The molecule has 1 rings (SSSR count). The van der Waals surface area contributed by atoms with Crippen LogP contribution in [0.3, 0.4) is 0 Å². The second-order valence-corrected chi connectivity index (χ2v) is 2.15. The first-order valence-electron chi connectivity index (χ1n) is 3.33. The van der Waals surface area contributed by atoms with Gasteiger partial charge in [0.1, 0.15) is 0 Å². The van der Waals surface area contributed by atoms with E-state index in [-0.39, 0.29) is 11.6 Å². The summed E-state index contributed by atoms with van der Waals surface area (Å²) in [7, 11) is 1.27. The maximum absolute atomic E-state index is 12.9. The molecule has 0 aliphatic carbocycles. The summed E-state index contributed by atoms with van der Waals surface area (Å²) < 4.78 is 17.4. The molecule has 1 aromatic rings. The first-order valence-corrected chi connectivity index (χ1v) is 3.33. The molecule has 0 aromatic carbocycles. The van der Waals surface area contributed by atoms with Crippen LogP contribution in [-0.4, -0.2) is 23.3 Å². The lowest BCUT2D eigenvalue weighted by Gasteiger charge is -2.02. The van der Waals surface area contributed by atoms with Crippen molar-refractivity contribution in [2.75, 3.05) is 12.4 Å². The van der Waals surface area contributed by atoms with Gasteiger partial charge in [0.15, 0.2) is 5.82 Å². The largest absolute Gasteiger partial charge is 0.479 e. The fourth-order valence-corrected chi connectivity index (χ4v) is 0.767. The number of carbonyl (C=O) groups is 1. The Labute approximate surface area is 73.2 Å². The third-order valence-corrected chi connectivity index (χ3v) is 1.25. The van der Waals surface area contributed by atoms with Crippen molar-refractivity contribution in [2.24, 2.45) is 0 Å². The molecule has 0 unspecified atom stereocenters. The quantitative estimate of drug-likeness (QED) is 0.730. The summed E-state index contributed by atoms with van der Waals surface area (Å²) in [5.41, 5.74) is 0.0609. The van der Waals surface area contributed by atoms with Gasteiger partial charge in [0.25, 0.3) is 0 Å². The zero-order chi connectivity index (χ0) is 9.84. The van der Waals surface area contributed by atoms with Gasteiger partial charge in [0.2, 0.25) is 5.88 Å². The molecule has 0 saturated carbocycles. The van der Waals surface area contributed by atoms with E-state index in [9.17, 15) is 9.18 Å². The molecular formula is C7H7FN2O3. The van der Waals surface area contributed by atoms with Crippen molar-refractivity contribution >= 4 is 11.8 Å². The van der Waals surface area contributed by atoms with Crippen molar-refractivity contribution in [3.63, 3.8) is 0 Å². The molecule has 0 spiro atoms. The molecule has 2 N–H and O–H groups in total. The second-order valence-electron chi connectivity index (χ2n) is 2.15. The van der Waals surface area contributed by atoms with E-state index in [0.717, 1.165) is 12.3 Å². The molecule has 0 fully saturated rings. The molecule has 0 bridgehead atoms. The van der Waals surface area contributed by atoms with Gasteiger partial charge in [-0.25, -0.2) is 14.2 Å². The molecule has 0 radical (unpaired) electrons. The molecule has 1 aromatic heterocycles. The monoisotopic (exact) mass is 186 g/mol. The zero-order valence-electron chi connectivity index (χ0n) is 6.74. The Morgan fingerprint density at radius 3 is 2.92 bits per heavy atom. The summed E-state index contributed by atoms with van der Waals surface area (Å²) in [5, 5.41) is 10.2. The minimum absolute atomic E-state index is 0.0609. The van der Waals surface area contributed by atoms with E-state index >= 15 is 0 Å². The van der Waals surface area contributed by atoms with Crippen LogP contribution >= 0.6 is 0 Å². The summed E-state index contributed by atoms with van der Waals surface area (Å²) in [6, 6.07) is 0.986. The number of ether oxygens (including phenoxy) is 1. The van der Waals surface area contributed by atoms with Crippen LogP contribution in [0.5, 0.6) is 5.88 Å². The van der Waals surface area contributed by atoms with E-state index in [1.54, 1.807) is 0 Å². The Morgan fingerprint density at radius 1 is 1.77 bits per heavy atom. The number of methoxy groups -OCH3 is 1. The number of amides is 1. The van der Waals surface area contributed by atoms with Gasteiger partial charge >= 0.3 is 6.09 Å². The number of aromatic nitrogens is 1. The van der Waals surface area contributed by atoms with E-state index < -0.39 is 11.9 Å². The smallest absolute Gasteiger partial charge is 0.409 e. The van der Waals surface area contributed by atoms with Gasteiger partial charge in [0, 0.05) is 6.07 Å². The first-order chi connectivity index (χ1) is 6.13. The van der Waals surface area contributed by atoms with Crippen LogP contribution in [0.2, 0.25) is 0 Å². The molecule has 13 heavy (non-hydrogen) atoms. The van der Waals surface area contributed by atoms with Crippen molar-refractivity contribution in [3.05, 3.63) is 18.1 Å². The molecule has 0 saturated heterocycles. The third kappa shape index (κ3) is 2.29. The van der Waals surface area contributed by atoms with Crippen LogP contribution in [0, 0.1) is 5.82 Å². The molecule has 1 heterocycles. The first kappa shape index (κ1) is 9.24. The lowest BCUT2D eigenvalue weighted by atomic mass is 10.4. The van der Waals surface area contributed by atoms with E-state index in [0.29, 0.717) is 0 Å². The second kappa shape index (κ2) is 3.70. The Bertz CT molecular complexity index is 330. The van der Waals surface area contributed by atoms with Crippen LogP contribution in [0.4, 0.5) is 14.9 Å². The van der Waals surface area contributed by atoms with Crippen LogP contribution in [-0.2, 0) is 0 Å². The average molecular weight is 186 g/mol. The SMILES string of the molecule is COc1ncc(NC(=O)O)cc1F. The highest BCUT2D eigenvalue weighted by Crippen LogP contribution is 2.16. The van der Waals surface area contributed by atoms with Gasteiger partial charge in [0.05, 0.1) is 19.0 Å². The number of carboxylic acid groups (broad SMARTS) is 1. The van der Waals surface area contributed by atoms with Gasteiger partial charge in [-0.15, -0.1) is 0 Å². The minimum atomic E-state index is -1.27. The standard InChI is InChI=1S/C7H7FN2O3/c1-13-6-5(8)2-4(3-9-6)10-7(11)12/h2-3,10H,1H3,(H,11,12). The lowest BCUT2D eigenvalue weighted by molar-refractivity contribution is 0.209. The van der Waals surface area contributed by atoms with Gasteiger partial charge in [-0.1, -0.05) is 0 Å². The highest BCUT2D eigenvalue weighted by molar-refractivity contribution is 5.82. The van der Waals surface area contributed by atoms with Crippen LogP contribution in [0.15, 0.2) is 12.3 Å². The number of rotatable bonds is 2. The Kier molecular flexibility index (Phi) is 2.63. The van der Waals surface area contributed by atoms with Crippen molar-refractivity contribution in [2.45, 2.75) is 0 Å². The summed E-state index contributed by atoms with van der Waals surface area (Å²) in [4.78, 5) is 13.7. The maximum Gasteiger partial charge on any atom is 0.409 e. The Hall–Kier alpha value is -1.85. The highest BCUT2D eigenvalue weighted by Gasteiger charge is 2.06. The van der Waals surface area contributed by atoms with Gasteiger partial charge in [-0.2, -0.15) is 0 Å². The van der Waals surface area contributed by atoms with Crippen molar-refractivity contribution in [1.82, 2.24) is 4.98 Å². The van der Waals surface area contributed by atoms with Gasteiger partial charge in [-0.05, 0) is 0 Å². The molecule has 0 atom stereocenters. The average Bonchev–Trinajstić information content (AvgIpc) is 2.03. The lowest BCUT2D eigenvalue weighted by Crippen LogP contribution is -2.08.